The number of piperidine rings is 1. The van der Waals surface area contributed by atoms with Crippen LogP contribution in [0.25, 0.3) is 10.8 Å². The topological polar surface area (TPSA) is 120 Å². The highest BCUT2D eigenvalue weighted by molar-refractivity contribution is 6.01. The maximum atomic E-state index is 12.6. The van der Waals surface area contributed by atoms with Gasteiger partial charge in [-0.05, 0) is 45.3 Å². The van der Waals surface area contributed by atoms with E-state index >= 15 is 0 Å². The lowest BCUT2D eigenvalue weighted by Gasteiger charge is -2.30. The quantitative estimate of drug-likeness (QED) is 0.543. The van der Waals surface area contributed by atoms with Crippen LogP contribution in [0, 0.1) is 19.8 Å². The molecule has 9 heteroatoms. The minimum Gasteiger partial charge on any atom is -0.444 e. The van der Waals surface area contributed by atoms with Crippen LogP contribution in [0.4, 0.5) is 5.88 Å². The van der Waals surface area contributed by atoms with E-state index in [1.54, 1.807) is 13.8 Å². The number of carbonyl (C=O) groups excluding carboxylic acids is 2. The molecule has 4 rings (SSSR count). The van der Waals surface area contributed by atoms with Crippen molar-refractivity contribution in [1.82, 2.24) is 20.4 Å². The zero-order chi connectivity index (χ0) is 22.7. The van der Waals surface area contributed by atoms with Crippen LogP contribution in [-0.4, -0.2) is 46.5 Å². The second-order valence-corrected chi connectivity index (χ2v) is 8.18. The van der Waals surface area contributed by atoms with Crippen molar-refractivity contribution in [3.63, 3.8) is 0 Å². The van der Waals surface area contributed by atoms with Crippen molar-refractivity contribution in [2.24, 2.45) is 5.92 Å². The molecule has 1 fully saturated rings. The molecule has 0 radical (unpaired) electrons. The highest BCUT2D eigenvalue weighted by Gasteiger charge is 2.26. The molecule has 0 bridgehead atoms. The molecule has 2 aromatic heterocycles. The van der Waals surface area contributed by atoms with Crippen molar-refractivity contribution in [3.05, 3.63) is 57.7 Å². The highest BCUT2D eigenvalue weighted by atomic mass is 16.4. The first-order valence-electron chi connectivity index (χ1n) is 10.7. The highest BCUT2D eigenvalue weighted by Crippen LogP contribution is 2.28. The van der Waals surface area contributed by atoms with E-state index in [2.05, 4.69) is 20.8 Å². The van der Waals surface area contributed by atoms with Gasteiger partial charge in [-0.3, -0.25) is 24.6 Å². The van der Waals surface area contributed by atoms with E-state index in [4.69, 9.17) is 4.42 Å². The van der Waals surface area contributed by atoms with Gasteiger partial charge in [0.05, 0.1) is 17.6 Å². The SMILES string of the molecule is Cc1n[nH]c(=O)c2c(NC(=O)CN3CCC(C(=O)NCc4ccccc4)CC3)oc(C)c12. The number of amides is 2. The van der Waals surface area contributed by atoms with E-state index in [1.165, 1.54) is 0 Å². The van der Waals surface area contributed by atoms with Gasteiger partial charge in [0.1, 0.15) is 11.1 Å². The third kappa shape index (κ3) is 4.72. The molecule has 1 aliphatic heterocycles. The Balaban J connectivity index is 1.29. The zero-order valence-corrected chi connectivity index (χ0v) is 18.2. The number of aromatic nitrogens is 2. The minimum absolute atomic E-state index is 0.0521. The Labute approximate surface area is 185 Å². The summed E-state index contributed by atoms with van der Waals surface area (Å²) in [5, 5.41) is 13.0. The second kappa shape index (κ2) is 9.35. The fraction of sp³-hybridized carbons (Fsp3) is 0.391. The van der Waals surface area contributed by atoms with Gasteiger partial charge in [-0.1, -0.05) is 30.3 Å². The predicted octanol–water partition coefficient (Wildman–Crippen LogP) is 2.10. The van der Waals surface area contributed by atoms with Crippen LogP contribution in [0.2, 0.25) is 0 Å². The molecule has 3 heterocycles. The Bertz CT molecular complexity index is 1180. The summed E-state index contributed by atoms with van der Waals surface area (Å²) in [4.78, 5) is 39.3. The van der Waals surface area contributed by atoms with Crippen LogP contribution in [0.15, 0.2) is 39.5 Å². The summed E-state index contributed by atoms with van der Waals surface area (Å²) in [5.74, 6) is 0.419. The van der Waals surface area contributed by atoms with Gasteiger partial charge in [-0.15, -0.1) is 0 Å². The van der Waals surface area contributed by atoms with E-state index in [-0.39, 0.29) is 30.2 Å². The number of hydrogen-bond acceptors (Lipinski definition) is 6. The van der Waals surface area contributed by atoms with Gasteiger partial charge < -0.3 is 9.73 Å². The third-order valence-electron chi connectivity index (χ3n) is 5.89. The van der Waals surface area contributed by atoms with Gasteiger partial charge in [0.15, 0.2) is 0 Å². The summed E-state index contributed by atoms with van der Waals surface area (Å²) >= 11 is 0. The summed E-state index contributed by atoms with van der Waals surface area (Å²) in [6, 6.07) is 9.81. The van der Waals surface area contributed by atoms with Crippen LogP contribution >= 0.6 is 0 Å². The van der Waals surface area contributed by atoms with E-state index in [0.29, 0.717) is 54.7 Å². The average molecular weight is 438 g/mol. The van der Waals surface area contributed by atoms with E-state index in [1.807, 2.05) is 35.2 Å². The lowest BCUT2D eigenvalue weighted by molar-refractivity contribution is -0.126. The summed E-state index contributed by atoms with van der Waals surface area (Å²) in [6.45, 7) is 5.50. The Morgan fingerprint density at radius 3 is 2.59 bits per heavy atom. The fourth-order valence-electron chi connectivity index (χ4n) is 4.18. The lowest BCUT2D eigenvalue weighted by atomic mass is 9.96. The molecular formula is C23H27N5O4. The van der Waals surface area contributed by atoms with Crippen LogP contribution < -0.4 is 16.2 Å². The number of furan rings is 1. The second-order valence-electron chi connectivity index (χ2n) is 8.18. The largest absolute Gasteiger partial charge is 0.444 e. The molecule has 168 valence electrons. The molecule has 9 nitrogen and oxygen atoms in total. The summed E-state index contributed by atoms with van der Waals surface area (Å²) in [7, 11) is 0. The van der Waals surface area contributed by atoms with E-state index in [9.17, 15) is 14.4 Å². The van der Waals surface area contributed by atoms with Gasteiger partial charge in [-0.25, -0.2) is 5.10 Å². The Hall–Kier alpha value is -3.46. The normalized spacial score (nSPS) is 15.1. The Morgan fingerprint density at radius 2 is 1.88 bits per heavy atom. The molecule has 32 heavy (non-hydrogen) atoms. The number of aromatic amines is 1. The molecule has 0 spiro atoms. The smallest absolute Gasteiger partial charge is 0.277 e. The number of nitrogens with zero attached hydrogens (tertiary/aromatic N) is 2. The van der Waals surface area contributed by atoms with Gasteiger partial charge in [0.2, 0.25) is 17.7 Å². The number of hydrogen-bond donors (Lipinski definition) is 3. The molecule has 1 aromatic carbocycles. The van der Waals surface area contributed by atoms with Crippen LogP contribution in [-0.2, 0) is 16.1 Å². The molecule has 3 N–H and O–H groups in total. The number of benzene rings is 1. The van der Waals surface area contributed by atoms with Crippen LogP contribution in [0.1, 0.15) is 29.9 Å². The number of likely N-dealkylation sites (tertiary alicyclic amines) is 1. The van der Waals surface area contributed by atoms with Crippen molar-refractivity contribution in [1.29, 1.82) is 0 Å². The third-order valence-corrected chi connectivity index (χ3v) is 5.89. The molecule has 2 amide bonds. The number of fused-ring (bicyclic) bond motifs is 1. The van der Waals surface area contributed by atoms with Gasteiger partial charge in [0.25, 0.3) is 5.56 Å². The van der Waals surface area contributed by atoms with Crippen molar-refractivity contribution < 1.29 is 14.0 Å². The Kier molecular flexibility index (Phi) is 6.36. The van der Waals surface area contributed by atoms with Gasteiger partial charge in [-0.2, -0.15) is 5.10 Å². The molecule has 0 atom stereocenters. The maximum absolute atomic E-state index is 12.6. The molecule has 0 saturated carbocycles. The van der Waals surface area contributed by atoms with E-state index < -0.39 is 5.56 Å². The van der Waals surface area contributed by atoms with Crippen molar-refractivity contribution in [2.45, 2.75) is 33.2 Å². The van der Waals surface area contributed by atoms with Crippen molar-refractivity contribution in [2.75, 3.05) is 25.0 Å². The van der Waals surface area contributed by atoms with Crippen LogP contribution in [0.5, 0.6) is 0 Å². The number of carbonyl (C=O) groups is 2. The summed E-state index contributed by atoms with van der Waals surface area (Å²) in [6.07, 6.45) is 1.39. The van der Waals surface area contributed by atoms with E-state index in [0.717, 1.165) is 5.56 Å². The maximum Gasteiger partial charge on any atom is 0.277 e. The number of H-pyrrole nitrogens is 1. The predicted molar refractivity (Wildman–Crippen MR) is 120 cm³/mol. The lowest BCUT2D eigenvalue weighted by Crippen LogP contribution is -2.43. The zero-order valence-electron chi connectivity index (χ0n) is 18.2. The molecule has 1 saturated heterocycles. The monoisotopic (exact) mass is 437 g/mol. The average Bonchev–Trinajstić information content (AvgIpc) is 3.12. The number of nitrogens with one attached hydrogen (secondary N) is 3. The standard InChI is InChI=1S/C23H27N5O4/c1-14-19-15(2)32-23(20(19)22(31)27-26-14)25-18(29)13-28-10-8-17(9-11-28)21(30)24-12-16-6-4-3-5-7-16/h3-7,17H,8-13H2,1-2H3,(H,24,30)(H,25,29)(H,27,31). The van der Waals surface area contributed by atoms with Crippen molar-refractivity contribution in [3.8, 4) is 0 Å². The first-order valence-corrected chi connectivity index (χ1v) is 10.7. The minimum atomic E-state index is -0.403. The first-order chi connectivity index (χ1) is 15.4. The van der Waals surface area contributed by atoms with Gasteiger partial charge >= 0.3 is 0 Å². The molecule has 0 aliphatic carbocycles. The van der Waals surface area contributed by atoms with Gasteiger partial charge in [0, 0.05) is 12.5 Å². The Morgan fingerprint density at radius 1 is 1.16 bits per heavy atom. The summed E-state index contributed by atoms with van der Waals surface area (Å²) in [5.41, 5.74) is 1.30. The first kappa shape index (κ1) is 21.8. The number of anilines is 1. The fourth-order valence-corrected chi connectivity index (χ4v) is 4.18. The molecule has 3 aromatic rings. The van der Waals surface area contributed by atoms with Crippen LogP contribution in [0.3, 0.4) is 0 Å². The number of rotatable bonds is 6. The molecular weight excluding hydrogens is 410 g/mol. The number of aryl methyl sites for hydroxylation is 2. The summed E-state index contributed by atoms with van der Waals surface area (Å²) < 4.78 is 5.64. The molecule has 1 aliphatic rings. The van der Waals surface area contributed by atoms with Crippen molar-refractivity contribution >= 4 is 28.5 Å². The molecule has 0 unspecified atom stereocenters.